The molecule has 1 heteroatoms. The lowest BCUT2D eigenvalue weighted by atomic mass is 9.90. The number of hydrogen-bond acceptors (Lipinski definition) is 0. The second-order valence-corrected chi connectivity index (χ2v) is 8.66. The van der Waals surface area contributed by atoms with Crippen molar-refractivity contribution >= 4 is 10.8 Å². The molecular weight excluding hydrogens is 326 g/mol. The highest BCUT2D eigenvalue weighted by molar-refractivity contribution is 5.96. The van der Waals surface area contributed by atoms with E-state index in [2.05, 4.69) is 76.6 Å². The highest BCUT2D eigenvalue weighted by atomic mass is 14.9. The molecule has 1 aliphatic carbocycles. The van der Waals surface area contributed by atoms with E-state index in [1.165, 1.54) is 75.7 Å². The van der Waals surface area contributed by atoms with Gasteiger partial charge in [0.2, 0.25) is 5.69 Å². The summed E-state index contributed by atoms with van der Waals surface area (Å²) >= 11 is 0. The number of nitrogens with zero attached hydrogens (tertiary/aromatic N) is 1. The smallest absolute Gasteiger partial charge is 0.198 e. The van der Waals surface area contributed by atoms with E-state index >= 15 is 0 Å². The molecule has 1 fully saturated rings. The van der Waals surface area contributed by atoms with Gasteiger partial charge >= 0.3 is 0 Å². The van der Waals surface area contributed by atoms with Crippen LogP contribution in [-0.4, -0.2) is 0 Å². The molecule has 0 atom stereocenters. The Balaban J connectivity index is 2.03. The van der Waals surface area contributed by atoms with Crippen LogP contribution in [0.2, 0.25) is 0 Å². The van der Waals surface area contributed by atoms with Gasteiger partial charge in [0.15, 0.2) is 5.69 Å². The lowest BCUT2D eigenvalue weighted by Gasteiger charge is -2.16. The zero-order valence-electron chi connectivity index (χ0n) is 17.7. The van der Waals surface area contributed by atoms with Gasteiger partial charge in [0.05, 0.1) is 10.9 Å². The van der Waals surface area contributed by atoms with Crippen molar-refractivity contribution in [3.8, 4) is 11.3 Å². The molecule has 27 heavy (non-hydrogen) atoms. The molecular formula is C26H32N+. The topological polar surface area (TPSA) is 3.88 Å². The standard InChI is InChI=1S/C26H32N/c1-16-13-17(2)18(3)25(14-16)26-23-12-11-22(21-9-7-8-10-21)15-24(23)19(4)20(5)27(26)6/h11-15,21H,7-10H2,1-6H3/q+1. The Bertz CT molecular complexity index is 1040. The third-order valence-electron chi connectivity index (χ3n) is 6.98. The van der Waals surface area contributed by atoms with Crippen molar-refractivity contribution in [2.75, 3.05) is 0 Å². The summed E-state index contributed by atoms with van der Waals surface area (Å²) in [6, 6.07) is 11.9. The first-order valence-electron chi connectivity index (χ1n) is 10.4. The van der Waals surface area contributed by atoms with Crippen LogP contribution >= 0.6 is 0 Å². The van der Waals surface area contributed by atoms with Crippen LogP contribution in [0.4, 0.5) is 0 Å². The number of pyridine rings is 1. The van der Waals surface area contributed by atoms with Crippen LogP contribution in [0, 0.1) is 34.6 Å². The normalized spacial score (nSPS) is 15.0. The van der Waals surface area contributed by atoms with Gasteiger partial charge in [-0.25, -0.2) is 0 Å². The van der Waals surface area contributed by atoms with Crippen molar-refractivity contribution in [1.82, 2.24) is 0 Å². The summed E-state index contributed by atoms with van der Waals surface area (Å²) in [7, 11) is 2.22. The summed E-state index contributed by atoms with van der Waals surface area (Å²) < 4.78 is 2.40. The Morgan fingerprint density at radius 3 is 2.22 bits per heavy atom. The predicted octanol–water partition coefficient (Wildman–Crippen LogP) is 6.53. The molecule has 2 aromatic carbocycles. The van der Waals surface area contributed by atoms with Gasteiger partial charge in [-0.15, -0.1) is 0 Å². The summed E-state index contributed by atoms with van der Waals surface area (Å²) in [5.74, 6) is 0.759. The molecule has 0 spiro atoms. The molecule has 140 valence electrons. The van der Waals surface area contributed by atoms with E-state index in [-0.39, 0.29) is 0 Å². The third kappa shape index (κ3) is 2.98. The molecule has 0 amide bonds. The fraction of sp³-hybridized carbons (Fsp3) is 0.423. The average Bonchev–Trinajstić information content (AvgIpc) is 3.18. The first-order chi connectivity index (χ1) is 12.9. The maximum atomic E-state index is 2.50. The van der Waals surface area contributed by atoms with Gasteiger partial charge in [0.25, 0.3) is 0 Å². The average molecular weight is 359 g/mol. The first kappa shape index (κ1) is 18.2. The maximum Gasteiger partial charge on any atom is 0.220 e. The van der Waals surface area contributed by atoms with E-state index in [4.69, 9.17) is 0 Å². The molecule has 3 aromatic rings. The van der Waals surface area contributed by atoms with Gasteiger partial charge in [-0.2, -0.15) is 4.57 Å². The fourth-order valence-electron chi connectivity index (χ4n) is 5.00. The van der Waals surface area contributed by atoms with Crippen LogP contribution in [-0.2, 0) is 7.05 Å². The van der Waals surface area contributed by atoms with Gasteiger partial charge in [0, 0.05) is 12.5 Å². The highest BCUT2D eigenvalue weighted by Crippen LogP contribution is 2.38. The van der Waals surface area contributed by atoms with E-state index in [0.29, 0.717) is 0 Å². The number of rotatable bonds is 2. The molecule has 1 aliphatic rings. The van der Waals surface area contributed by atoms with Crippen molar-refractivity contribution in [2.24, 2.45) is 7.05 Å². The minimum Gasteiger partial charge on any atom is -0.198 e. The molecule has 0 N–H and O–H groups in total. The zero-order valence-corrected chi connectivity index (χ0v) is 17.7. The van der Waals surface area contributed by atoms with E-state index < -0.39 is 0 Å². The lowest BCUT2D eigenvalue weighted by molar-refractivity contribution is -0.665. The monoisotopic (exact) mass is 358 g/mol. The van der Waals surface area contributed by atoms with Crippen molar-refractivity contribution in [3.63, 3.8) is 0 Å². The van der Waals surface area contributed by atoms with Crippen molar-refractivity contribution in [3.05, 3.63) is 63.8 Å². The van der Waals surface area contributed by atoms with Gasteiger partial charge in [-0.05, 0) is 80.7 Å². The maximum absolute atomic E-state index is 2.50. The van der Waals surface area contributed by atoms with Crippen molar-refractivity contribution in [2.45, 2.75) is 66.2 Å². The lowest BCUT2D eigenvalue weighted by Crippen LogP contribution is -2.36. The van der Waals surface area contributed by atoms with Crippen LogP contribution in [0.1, 0.15) is 65.1 Å². The van der Waals surface area contributed by atoms with Crippen LogP contribution in [0.3, 0.4) is 0 Å². The Kier molecular flexibility index (Phi) is 4.58. The van der Waals surface area contributed by atoms with Crippen LogP contribution < -0.4 is 4.57 Å². The molecule has 0 unspecified atom stereocenters. The summed E-state index contributed by atoms with van der Waals surface area (Å²) in [5.41, 5.74) is 11.1. The Morgan fingerprint density at radius 1 is 0.815 bits per heavy atom. The Labute approximate surface area is 164 Å². The molecule has 1 aromatic heterocycles. The molecule has 1 nitrogen and oxygen atoms in total. The number of fused-ring (bicyclic) bond motifs is 1. The second-order valence-electron chi connectivity index (χ2n) is 8.66. The number of aromatic nitrogens is 1. The largest absolute Gasteiger partial charge is 0.220 e. The summed E-state index contributed by atoms with van der Waals surface area (Å²) in [4.78, 5) is 0. The van der Waals surface area contributed by atoms with Crippen molar-refractivity contribution in [1.29, 1.82) is 0 Å². The molecule has 4 rings (SSSR count). The zero-order chi connectivity index (χ0) is 19.3. The SMILES string of the molecule is Cc1cc(C)c(C)c(-c2c3ccc(C4CCCC4)cc3c(C)c(C)[n+]2C)c1. The first-order valence-corrected chi connectivity index (χ1v) is 10.4. The van der Waals surface area contributed by atoms with Gasteiger partial charge < -0.3 is 0 Å². The number of benzene rings is 2. The van der Waals surface area contributed by atoms with Crippen molar-refractivity contribution < 1.29 is 4.57 Å². The van der Waals surface area contributed by atoms with E-state index in [1.54, 1.807) is 5.56 Å². The van der Waals surface area contributed by atoms with E-state index in [1.807, 2.05) is 0 Å². The van der Waals surface area contributed by atoms with E-state index in [0.717, 1.165) is 5.92 Å². The number of aryl methyl sites for hydroxylation is 3. The van der Waals surface area contributed by atoms with Crippen LogP contribution in [0.25, 0.3) is 22.0 Å². The molecule has 0 saturated heterocycles. The van der Waals surface area contributed by atoms with Crippen LogP contribution in [0.15, 0.2) is 30.3 Å². The number of hydrogen-bond donors (Lipinski definition) is 0. The molecule has 0 radical (unpaired) electrons. The molecule has 1 heterocycles. The summed E-state index contributed by atoms with van der Waals surface area (Å²) in [5, 5.41) is 2.82. The second kappa shape index (κ2) is 6.78. The quantitative estimate of drug-likeness (QED) is 0.458. The minimum absolute atomic E-state index is 0.759. The summed E-state index contributed by atoms with van der Waals surface area (Å²) in [6.07, 6.45) is 5.48. The van der Waals surface area contributed by atoms with Gasteiger partial charge in [-0.1, -0.05) is 36.6 Å². The van der Waals surface area contributed by atoms with Crippen LogP contribution in [0.5, 0.6) is 0 Å². The third-order valence-corrected chi connectivity index (χ3v) is 6.98. The molecule has 0 aliphatic heterocycles. The summed E-state index contributed by atoms with van der Waals surface area (Å²) in [6.45, 7) is 11.2. The Morgan fingerprint density at radius 2 is 1.52 bits per heavy atom. The van der Waals surface area contributed by atoms with Gasteiger partial charge in [0.1, 0.15) is 7.05 Å². The molecule has 0 bridgehead atoms. The Hall–Kier alpha value is -2.15. The van der Waals surface area contributed by atoms with E-state index in [9.17, 15) is 0 Å². The minimum atomic E-state index is 0.759. The predicted molar refractivity (Wildman–Crippen MR) is 115 cm³/mol. The highest BCUT2D eigenvalue weighted by Gasteiger charge is 2.24. The van der Waals surface area contributed by atoms with Gasteiger partial charge in [-0.3, -0.25) is 0 Å². The molecule has 1 saturated carbocycles. The fourth-order valence-corrected chi connectivity index (χ4v) is 5.00.